The maximum atomic E-state index is 11.8. The van der Waals surface area contributed by atoms with Crippen LogP contribution in [0.1, 0.15) is 10.4 Å². The molecule has 1 rings (SSSR count). The van der Waals surface area contributed by atoms with Crippen LogP contribution < -0.4 is 0 Å². The predicted octanol–water partition coefficient (Wildman–Crippen LogP) is 1.22. The molecular formula is C10H7ClN4O. The van der Waals surface area contributed by atoms with Crippen molar-refractivity contribution in [3.8, 4) is 12.1 Å². The largest absolute Gasteiger partial charge is 0.312 e. The summed E-state index contributed by atoms with van der Waals surface area (Å²) in [7, 11) is 0. The SMILES string of the molecule is N#CCN(CC#N)C(=O)c1cccnc1Cl. The van der Waals surface area contributed by atoms with Crippen molar-refractivity contribution in [3.05, 3.63) is 29.0 Å². The summed E-state index contributed by atoms with van der Waals surface area (Å²) >= 11 is 5.74. The number of nitrogens with zero attached hydrogens (tertiary/aromatic N) is 4. The molecule has 0 aromatic carbocycles. The van der Waals surface area contributed by atoms with E-state index >= 15 is 0 Å². The van der Waals surface area contributed by atoms with Crippen molar-refractivity contribution in [2.24, 2.45) is 0 Å². The molecule has 0 saturated carbocycles. The van der Waals surface area contributed by atoms with Crippen LogP contribution in [0.3, 0.4) is 0 Å². The molecule has 0 bridgehead atoms. The summed E-state index contributed by atoms with van der Waals surface area (Å²) in [4.78, 5) is 16.7. The zero-order valence-corrected chi connectivity index (χ0v) is 8.98. The molecule has 1 heterocycles. The first kappa shape index (κ1) is 12.0. The average Bonchev–Trinajstić information content (AvgIpc) is 2.28. The molecule has 0 atom stereocenters. The van der Waals surface area contributed by atoms with E-state index in [1.54, 1.807) is 6.07 Å². The number of aromatic nitrogens is 1. The second-order valence-corrected chi connectivity index (χ2v) is 3.18. The van der Waals surface area contributed by atoms with Gasteiger partial charge in [-0.3, -0.25) is 4.79 Å². The summed E-state index contributed by atoms with van der Waals surface area (Å²) in [6, 6.07) is 6.69. The number of carbonyl (C=O) groups is 1. The fourth-order valence-electron chi connectivity index (χ4n) is 1.09. The third kappa shape index (κ3) is 2.69. The van der Waals surface area contributed by atoms with Gasteiger partial charge in [-0.1, -0.05) is 11.6 Å². The van der Waals surface area contributed by atoms with Gasteiger partial charge in [0.25, 0.3) is 5.91 Å². The Morgan fingerprint density at radius 1 is 1.44 bits per heavy atom. The van der Waals surface area contributed by atoms with Crippen LogP contribution in [0.5, 0.6) is 0 Å². The van der Waals surface area contributed by atoms with E-state index in [0.29, 0.717) is 0 Å². The van der Waals surface area contributed by atoms with E-state index in [-0.39, 0.29) is 23.8 Å². The van der Waals surface area contributed by atoms with Crippen LogP contribution in [0.2, 0.25) is 5.15 Å². The Kier molecular flexibility index (Phi) is 4.26. The maximum Gasteiger partial charge on any atom is 0.258 e. The van der Waals surface area contributed by atoms with Gasteiger partial charge >= 0.3 is 0 Å². The Bertz CT molecular complexity index is 458. The first-order valence-corrected chi connectivity index (χ1v) is 4.72. The van der Waals surface area contributed by atoms with Crippen molar-refractivity contribution < 1.29 is 4.79 Å². The molecule has 80 valence electrons. The lowest BCUT2D eigenvalue weighted by Gasteiger charge is -2.15. The zero-order valence-electron chi connectivity index (χ0n) is 8.22. The highest BCUT2D eigenvalue weighted by Gasteiger charge is 2.17. The minimum absolute atomic E-state index is 0.0633. The summed E-state index contributed by atoms with van der Waals surface area (Å²) < 4.78 is 0. The van der Waals surface area contributed by atoms with Crippen LogP contribution in [-0.2, 0) is 0 Å². The molecule has 0 saturated heterocycles. The lowest BCUT2D eigenvalue weighted by atomic mass is 10.2. The Balaban J connectivity index is 2.96. The number of hydrogen-bond acceptors (Lipinski definition) is 4. The highest BCUT2D eigenvalue weighted by Crippen LogP contribution is 2.13. The first-order valence-electron chi connectivity index (χ1n) is 4.34. The minimum Gasteiger partial charge on any atom is -0.312 e. The Morgan fingerprint density at radius 3 is 2.56 bits per heavy atom. The lowest BCUT2D eigenvalue weighted by Crippen LogP contribution is -2.32. The quantitative estimate of drug-likeness (QED) is 0.582. The first-order chi connectivity index (χ1) is 7.70. The average molecular weight is 235 g/mol. The lowest BCUT2D eigenvalue weighted by molar-refractivity contribution is 0.0794. The summed E-state index contributed by atoms with van der Waals surface area (Å²) in [6.07, 6.45) is 1.46. The van der Waals surface area contributed by atoms with Crippen LogP contribution in [0.4, 0.5) is 0 Å². The van der Waals surface area contributed by atoms with E-state index in [1.807, 2.05) is 12.1 Å². The maximum absolute atomic E-state index is 11.8. The number of carbonyl (C=O) groups excluding carboxylic acids is 1. The molecule has 1 amide bonds. The van der Waals surface area contributed by atoms with E-state index in [4.69, 9.17) is 22.1 Å². The molecule has 6 heteroatoms. The van der Waals surface area contributed by atoms with E-state index in [1.165, 1.54) is 12.3 Å². The third-order valence-electron chi connectivity index (χ3n) is 1.80. The second-order valence-electron chi connectivity index (χ2n) is 2.82. The summed E-state index contributed by atoms with van der Waals surface area (Å²) in [6.45, 7) is -0.310. The number of pyridine rings is 1. The Hall–Kier alpha value is -2.11. The number of rotatable bonds is 3. The van der Waals surface area contributed by atoms with Crippen molar-refractivity contribution in [1.29, 1.82) is 10.5 Å². The predicted molar refractivity (Wildman–Crippen MR) is 56.4 cm³/mol. The minimum atomic E-state index is -0.471. The second kappa shape index (κ2) is 5.69. The van der Waals surface area contributed by atoms with Gasteiger partial charge in [0, 0.05) is 6.20 Å². The molecule has 0 spiro atoms. The summed E-state index contributed by atoms with van der Waals surface area (Å²) in [5.41, 5.74) is 0.190. The number of hydrogen-bond donors (Lipinski definition) is 0. The van der Waals surface area contributed by atoms with Crippen LogP contribution in [0.25, 0.3) is 0 Å². The molecular weight excluding hydrogens is 228 g/mol. The zero-order chi connectivity index (χ0) is 12.0. The van der Waals surface area contributed by atoms with Crippen molar-refractivity contribution in [1.82, 2.24) is 9.88 Å². The van der Waals surface area contributed by atoms with E-state index in [2.05, 4.69) is 4.98 Å². The van der Waals surface area contributed by atoms with Crippen molar-refractivity contribution in [2.45, 2.75) is 0 Å². The van der Waals surface area contributed by atoms with Gasteiger partial charge in [-0.2, -0.15) is 10.5 Å². The smallest absolute Gasteiger partial charge is 0.258 e. The van der Waals surface area contributed by atoms with Crippen LogP contribution in [-0.4, -0.2) is 28.9 Å². The molecule has 0 N–H and O–H groups in total. The van der Waals surface area contributed by atoms with Crippen LogP contribution >= 0.6 is 11.6 Å². The van der Waals surface area contributed by atoms with Gasteiger partial charge in [0.15, 0.2) is 0 Å². The molecule has 0 aliphatic carbocycles. The van der Waals surface area contributed by atoms with Crippen LogP contribution in [0, 0.1) is 22.7 Å². The van der Waals surface area contributed by atoms with E-state index in [0.717, 1.165) is 4.90 Å². The number of amides is 1. The molecule has 0 fully saturated rings. The molecule has 0 aliphatic heterocycles. The monoisotopic (exact) mass is 234 g/mol. The summed E-state index contributed by atoms with van der Waals surface area (Å²) in [5.74, 6) is -0.471. The highest BCUT2D eigenvalue weighted by molar-refractivity contribution is 6.32. The van der Waals surface area contributed by atoms with Crippen LogP contribution in [0.15, 0.2) is 18.3 Å². The fourth-order valence-corrected chi connectivity index (χ4v) is 1.29. The molecule has 1 aromatic heterocycles. The molecule has 0 radical (unpaired) electrons. The number of nitriles is 2. The van der Waals surface area contributed by atoms with Gasteiger partial charge in [-0.25, -0.2) is 4.98 Å². The fraction of sp³-hybridized carbons (Fsp3) is 0.200. The summed E-state index contributed by atoms with van der Waals surface area (Å²) in [5, 5.41) is 17.1. The number of halogens is 1. The van der Waals surface area contributed by atoms with E-state index < -0.39 is 5.91 Å². The van der Waals surface area contributed by atoms with Crippen molar-refractivity contribution in [2.75, 3.05) is 13.1 Å². The van der Waals surface area contributed by atoms with Gasteiger partial charge in [-0.05, 0) is 12.1 Å². The van der Waals surface area contributed by atoms with Gasteiger partial charge in [0.05, 0.1) is 17.7 Å². The molecule has 0 unspecified atom stereocenters. The van der Waals surface area contributed by atoms with Gasteiger partial charge in [0.1, 0.15) is 18.2 Å². The molecule has 16 heavy (non-hydrogen) atoms. The van der Waals surface area contributed by atoms with E-state index in [9.17, 15) is 4.79 Å². The standard InChI is InChI=1S/C10H7ClN4O/c11-9-8(2-1-5-14-9)10(16)15(6-3-12)7-4-13/h1-2,5H,6-7H2. The Labute approximate surface area is 97.5 Å². The molecule has 5 nitrogen and oxygen atoms in total. The normalized spacial score (nSPS) is 8.94. The van der Waals surface area contributed by atoms with Gasteiger partial charge in [0.2, 0.25) is 0 Å². The highest BCUT2D eigenvalue weighted by atomic mass is 35.5. The van der Waals surface area contributed by atoms with Crippen molar-refractivity contribution >= 4 is 17.5 Å². The third-order valence-corrected chi connectivity index (χ3v) is 2.10. The van der Waals surface area contributed by atoms with Crippen molar-refractivity contribution in [3.63, 3.8) is 0 Å². The van der Waals surface area contributed by atoms with Gasteiger partial charge < -0.3 is 4.90 Å². The molecule has 1 aromatic rings. The topological polar surface area (TPSA) is 80.8 Å². The van der Waals surface area contributed by atoms with Gasteiger partial charge in [-0.15, -0.1) is 0 Å². The Morgan fingerprint density at radius 2 is 2.06 bits per heavy atom. The molecule has 0 aliphatic rings.